The zero-order valence-electron chi connectivity index (χ0n) is 10.3. The Morgan fingerprint density at radius 2 is 1.71 bits per heavy atom. The summed E-state index contributed by atoms with van der Waals surface area (Å²) in [5.41, 5.74) is -0.276. The van der Waals surface area contributed by atoms with Gasteiger partial charge in [-0.25, -0.2) is 9.59 Å². The molecule has 2 N–H and O–H groups in total. The number of carboxylic acids is 2. The maximum absolute atomic E-state index is 10.9. The third-order valence-electron chi connectivity index (χ3n) is 1.72. The molecule has 0 bridgehead atoms. The summed E-state index contributed by atoms with van der Waals surface area (Å²) in [7, 11) is 0. The molecule has 0 radical (unpaired) electrons. The van der Waals surface area contributed by atoms with E-state index >= 15 is 0 Å². The van der Waals surface area contributed by atoms with Gasteiger partial charge in [-0.15, -0.1) is 0 Å². The minimum atomic E-state index is -1.15. The van der Waals surface area contributed by atoms with Crippen molar-refractivity contribution >= 4 is 11.9 Å². The van der Waals surface area contributed by atoms with E-state index in [0.717, 1.165) is 0 Å². The van der Waals surface area contributed by atoms with Gasteiger partial charge in [-0.2, -0.15) is 0 Å². The summed E-state index contributed by atoms with van der Waals surface area (Å²) < 4.78 is 5.00. The SMILES string of the molecule is C=C(COCC(=CC(C)(C)C)C(=O)O)C(=O)O. The van der Waals surface area contributed by atoms with E-state index in [1.165, 1.54) is 0 Å². The number of hydrogen-bond acceptors (Lipinski definition) is 3. The molecule has 0 aliphatic heterocycles. The van der Waals surface area contributed by atoms with E-state index in [2.05, 4.69) is 6.58 Å². The fourth-order valence-electron chi connectivity index (χ4n) is 1.03. The lowest BCUT2D eigenvalue weighted by Crippen LogP contribution is -2.15. The molecule has 0 amide bonds. The van der Waals surface area contributed by atoms with Gasteiger partial charge in [-0.3, -0.25) is 0 Å². The smallest absolute Gasteiger partial charge is 0.333 e. The molecule has 0 atom stereocenters. The molecule has 0 aromatic carbocycles. The van der Waals surface area contributed by atoms with Crippen molar-refractivity contribution in [3.05, 3.63) is 23.8 Å². The Morgan fingerprint density at radius 3 is 2.06 bits per heavy atom. The van der Waals surface area contributed by atoms with Crippen LogP contribution in [0.5, 0.6) is 0 Å². The van der Waals surface area contributed by atoms with E-state index in [1.807, 2.05) is 20.8 Å². The van der Waals surface area contributed by atoms with Crippen LogP contribution in [-0.4, -0.2) is 35.4 Å². The van der Waals surface area contributed by atoms with Crippen LogP contribution in [0.3, 0.4) is 0 Å². The summed E-state index contributed by atoms with van der Waals surface area (Å²) >= 11 is 0. The third kappa shape index (κ3) is 7.30. The largest absolute Gasteiger partial charge is 0.478 e. The molecular formula is C12H18O5. The molecule has 5 heteroatoms. The Labute approximate surface area is 100 Å². The van der Waals surface area contributed by atoms with E-state index in [4.69, 9.17) is 14.9 Å². The van der Waals surface area contributed by atoms with Crippen molar-refractivity contribution in [1.29, 1.82) is 0 Å². The Hall–Kier alpha value is -1.62. The average molecular weight is 242 g/mol. The summed E-state index contributed by atoms with van der Waals surface area (Å²) in [6, 6.07) is 0. The van der Waals surface area contributed by atoms with Gasteiger partial charge in [0, 0.05) is 0 Å². The lowest BCUT2D eigenvalue weighted by molar-refractivity contribution is -0.133. The van der Waals surface area contributed by atoms with Gasteiger partial charge < -0.3 is 14.9 Å². The minimum Gasteiger partial charge on any atom is -0.478 e. The van der Waals surface area contributed by atoms with E-state index in [0.29, 0.717) is 0 Å². The number of carbonyl (C=O) groups is 2. The first-order chi connectivity index (χ1) is 7.63. The minimum absolute atomic E-state index is 0.106. The lowest BCUT2D eigenvalue weighted by atomic mass is 9.94. The van der Waals surface area contributed by atoms with Crippen LogP contribution < -0.4 is 0 Å². The summed E-state index contributed by atoms with van der Waals surface area (Å²) in [6.07, 6.45) is 1.58. The molecule has 5 nitrogen and oxygen atoms in total. The van der Waals surface area contributed by atoms with Gasteiger partial charge >= 0.3 is 11.9 Å². The highest BCUT2D eigenvalue weighted by atomic mass is 16.5. The fourth-order valence-corrected chi connectivity index (χ4v) is 1.03. The van der Waals surface area contributed by atoms with Crippen molar-refractivity contribution in [3.63, 3.8) is 0 Å². The quantitative estimate of drug-likeness (QED) is 0.692. The normalized spacial score (nSPS) is 12.3. The van der Waals surface area contributed by atoms with E-state index in [-0.39, 0.29) is 29.8 Å². The maximum Gasteiger partial charge on any atom is 0.333 e. The molecule has 0 unspecified atom stereocenters. The van der Waals surface area contributed by atoms with E-state index in [9.17, 15) is 9.59 Å². The molecule has 0 heterocycles. The number of allylic oxidation sites excluding steroid dienone is 1. The zero-order chi connectivity index (χ0) is 13.6. The summed E-state index contributed by atoms with van der Waals surface area (Å²) in [6.45, 7) is 8.55. The van der Waals surface area contributed by atoms with Crippen molar-refractivity contribution in [1.82, 2.24) is 0 Å². The molecule has 0 fully saturated rings. The van der Waals surface area contributed by atoms with E-state index in [1.54, 1.807) is 6.08 Å². The summed E-state index contributed by atoms with van der Waals surface area (Å²) in [4.78, 5) is 21.3. The van der Waals surface area contributed by atoms with E-state index < -0.39 is 11.9 Å². The molecule has 0 aliphatic carbocycles. The van der Waals surface area contributed by atoms with Crippen LogP contribution in [0.15, 0.2) is 23.8 Å². The lowest BCUT2D eigenvalue weighted by Gasteiger charge is -2.14. The van der Waals surface area contributed by atoms with Crippen molar-refractivity contribution in [3.8, 4) is 0 Å². The van der Waals surface area contributed by atoms with Gasteiger partial charge in [-0.1, -0.05) is 33.4 Å². The maximum atomic E-state index is 10.9. The number of rotatable bonds is 6. The van der Waals surface area contributed by atoms with Gasteiger partial charge in [0.15, 0.2) is 0 Å². The van der Waals surface area contributed by atoms with Crippen molar-refractivity contribution in [2.45, 2.75) is 20.8 Å². The van der Waals surface area contributed by atoms with Crippen LogP contribution in [-0.2, 0) is 14.3 Å². The van der Waals surface area contributed by atoms with Crippen molar-refractivity contribution in [2.24, 2.45) is 5.41 Å². The summed E-state index contributed by atoms with van der Waals surface area (Å²) in [5, 5.41) is 17.5. The molecular weight excluding hydrogens is 224 g/mol. The second kappa shape index (κ2) is 6.20. The average Bonchev–Trinajstić information content (AvgIpc) is 2.13. The molecule has 0 saturated heterocycles. The zero-order valence-corrected chi connectivity index (χ0v) is 10.3. The Balaban J connectivity index is 4.41. The van der Waals surface area contributed by atoms with Crippen LogP contribution in [0.1, 0.15) is 20.8 Å². The van der Waals surface area contributed by atoms with Gasteiger partial charge in [0.05, 0.1) is 24.4 Å². The molecule has 0 spiro atoms. The second-order valence-electron chi connectivity index (χ2n) is 4.74. The molecule has 96 valence electrons. The number of carboxylic acid groups (broad SMARTS) is 2. The first-order valence-corrected chi connectivity index (χ1v) is 5.07. The highest BCUT2D eigenvalue weighted by Gasteiger charge is 2.14. The first-order valence-electron chi connectivity index (χ1n) is 5.07. The predicted molar refractivity (Wildman–Crippen MR) is 62.8 cm³/mol. The highest BCUT2D eigenvalue weighted by molar-refractivity contribution is 5.87. The van der Waals surface area contributed by atoms with Crippen LogP contribution in [0.25, 0.3) is 0 Å². The predicted octanol–water partition coefficient (Wildman–Crippen LogP) is 1.70. The molecule has 17 heavy (non-hydrogen) atoms. The number of hydrogen-bond donors (Lipinski definition) is 2. The Morgan fingerprint density at radius 1 is 1.18 bits per heavy atom. The van der Waals surface area contributed by atoms with Crippen LogP contribution in [0, 0.1) is 5.41 Å². The van der Waals surface area contributed by atoms with Crippen molar-refractivity contribution in [2.75, 3.05) is 13.2 Å². The summed E-state index contributed by atoms with van der Waals surface area (Å²) in [5.74, 6) is -2.22. The number of ether oxygens (including phenoxy) is 1. The molecule has 0 saturated carbocycles. The van der Waals surface area contributed by atoms with Gasteiger partial charge in [-0.05, 0) is 5.41 Å². The highest BCUT2D eigenvalue weighted by Crippen LogP contribution is 2.18. The van der Waals surface area contributed by atoms with Crippen molar-refractivity contribution < 1.29 is 24.5 Å². The number of aliphatic carboxylic acids is 2. The molecule has 0 aromatic rings. The first kappa shape index (κ1) is 15.4. The van der Waals surface area contributed by atoms with Gasteiger partial charge in [0.2, 0.25) is 0 Å². The fraction of sp³-hybridized carbons (Fsp3) is 0.500. The molecule has 0 rings (SSSR count). The Kier molecular flexibility index (Phi) is 5.61. The van der Waals surface area contributed by atoms with Gasteiger partial charge in [0.25, 0.3) is 0 Å². The molecule has 0 aromatic heterocycles. The monoisotopic (exact) mass is 242 g/mol. The van der Waals surface area contributed by atoms with Gasteiger partial charge in [0.1, 0.15) is 0 Å². The van der Waals surface area contributed by atoms with Crippen LogP contribution in [0.4, 0.5) is 0 Å². The topological polar surface area (TPSA) is 83.8 Å². The molecule has 0 aliphatic rings. The third-order valence-corrected chi connectivity index (χ3v) is 1.72. The van der Waals surface area contributed by atoms with Crippen LogP contribution in [0.2, 0.25) is 0 Å². The van der Waals surface area contributed by atoms with Crippen LogP contribution >= 0.6 is 0 Å². The Bertz CT molecular complexity index is 346. The standard InChI is InChI=1S/C12H18O5/c1-8(10(13)14)6-17-7-9(11(15)16)5-12(2,3)4/h5H,1,6-7H2,2-4H3,(H,13,14)(H,15,16). The second-order valence-corrected chi connectivity index (χ2v) is 4.74.